The van der Waals surface area contributed by atoms with Crippen molar-refractivity contribution >= 4 is 16.6 Å². The zero-order valence-corrected chi connectivity index (χ0v) is 31.6. The van der Waals surface area contributed by atoms with Crippen LogP contribution < -0.4 is 10.2 Å². The number of hydrogen-bond acceptors (Lipinski definition) is 2. The Balaban J connectivity index is 1.00. The first-order valence-corrected chi connectivity index (χ1v) is 20.6. The molecular weight excluding hydrogens is 643 g/mol. The van der Waals surface area contributed by atoms with Gasteiger partial charge in [0, 0.05) is 57.8 Å². The van der Waals surface area contributed by atoms with Crippen molar-refractivity contribution in [1.82, 2.24) is 9.88 Å². The van der Waals surface area contributed by atoms with E-state index in [2.05, 4.69) is 144 Å². The first-order valence-electron chi connectivity index (χ1n) is 20.6. The molecular formula is C50H53N3. The van der Waals surface area contributed by atoms with E-state index in [9.17, 15) is 0 Å². The molecule has 3 heteroatoms. The Bertz CT molecular complexity index is 2250. The van der Waals surface area contributed by atoms with Gasteiger partial charge >= 0.3 is 0 Å². The van der Waals surface area contributed by atoms with Gasteiger partial charge in [-0.25, -0.2) is 0 Å². The molecule has 7 aliphatic rings. The van der Waals surface area contributed by atoms with E-state index in [-0.39, 0.29) is 5.41 Å². The summed E-state index contributed by atoms with van der Waals surface area (Å²) in [7, 11) is 0. The molecule has 0 fully saturated rings. The maximum Gasteiger partial charge on any atom is 0.0557 e. The summed E-state index contributed by atoms with van der Waals surface area (Å²) in [6.07, 6.45) is 41.4. The van der Waals surface area contributed by atoms with E-state index >= 15 is 0 Å². The van der Waals surface area contributed by atoms with Gasteiger partial charge in [-0.2, -0.15) is 0 Å². The molecule has 3 aromatic rings. The van der Waals surface area contributed by atoms with Gasteiger partial charge in [-0.15, -0.1) is 0 Å². The van der Waals surface area contributed by atoms with Crippen molar-refractivity contribution < 1.29 is 0 Å². The van der Waals surface area contributed by atoms with Crippen molar-refractivity contribution in [1.29, 1.82) is 0 Å². The average molecular weight is 696 g/mol. The number of rotatable bonds is 6. The summed E-state index contributed by atoms with van der Waals surface area (Å²) in [4.78, 5) is 2.61. The van der Waals surface area contributed by atoms with E-state index in [1.165, 1.54) is 89.6 Å². The van der Waals surface area contributed by atoms with E-state index in [1.54, 1.807) is 28.0 Å². The molecule has 53 heavy (non-hydrogen) atoms. The molecule has 2 heterocycles. The van der Waals surface area contributed by atoms with E-state index in [0.717, 1.165) is 32.2 Å². The molecule has 0 spiro atoms. The Labute approximate surface area is 316 Å². The average Bonchev–Trinajstić information content (AvgIpc) is 3.67. The fraction of sp³-hybridized carbons (Fsp3) is 0.360. The number of fused-ring (bicyclic) bond motifs is 5. The molecule has 0 radical (unpaired) electrons. The minimum Gasteiger partial charge on any atom is -0.387 e. The lowest BCUT2D eigenvalue weighted by Gasteiger charge is -2.36. The van der Waals surface area contributed by atoms with Crippen LogP contribution in [0.2, 0.25) is 0 Å². The van der Waals surface area contributed by atoms with Crippen molar-refractivity contribution in [3.05, 3.63) is 160 Å². The highest BCUT2D eigenvalue weighted by Crippen LogP contribution is 2.56. The highest BCUT2D eigenvalue weighted by molar-refractivity contribution is 5.90. The first kappa shape index (κ1) is 32.9. The van der Waals surface area contributed by atoms with Crippen molar-refractivity contribution in [2.45, 2.75) is 90.5 Å². The standard InChI is InChI=1S/C50H53N3/c1-50(2)46-16-8-6-14-42(46)43-28-27-41(32-47(43)50)52(40-25-20-35(21-26-40)37-11-10-30-51-33-37)39-23-18-34(19-24-39)36-22-29-49-45(31-36)44-15-7-9-17-48(44)53(49)38-12-4-3-5-13-38/h3-5,8,10-12,16,18-19,22-25,27,29,31-33,35,38,43,51H,6-7,9,13-15,17,20-21,26,28,30H2,1-2H3. The minimum absolute atomic E-state index is 0.0750. The van der Waals surface area contributed by atoms with E-state index in [0.29, 0.717) is 17.9 Å². The molecule has 1 aliphatic heterocycles. The quantitative estimate of drug-likeness (QED) is 0.277. The smallest absolute Gasteiger partial charge is 0.0557 e. The third-order valence-electron chi connectivity index (χ3n) is 13.5. The van der Waals surface area contributed by atoms with Gasteiger partial charge in [-0.1, -0.05) is 104 Å². The van der Waals surface area contributed by atoms with Crippen LogP contribution in [0.25, 0.3) is 22.0 Å². The second-order valence-corrected chi connectivity index (χ2v) is 16.9. The van der Waals surface area contributed by atoms with Gasteiger partial charge in [-0.05, 0) is 135 Å². The van der Waals surface area contributed by atoms with Crippen LogP contribution in [0.5, 0.6) is 0 Å². The van der Waals surface area contributed by atoms with Crippen molar-refractivity contribution in [3.63, 3.8) is 0 Å². The summed E-state index contributed by atoms with van der Waals surface area (Å²) in [5, 5.41) is 4.90. The second-order valence-electron chi connectivity index (χ2n) is 16.9. The Hall–Kier alpha value is -4.76. The van der Waals surface area contributed by atoms with E-state index < -0.39 is 0 Å². The Morgan fingerprint density at radius 1 is 0.830 bits per heavy atom. The Kier molecular flexibility index (Phi) is 8.23. The summed E-state index contributed by atoms with van der Waals surface area (Å²) >= 11 is 0. The number of dihydropyridines is 1. The van der Waals surface area contributed by atoms with Crippen LogP contribution in [0.3, 0.4) is 0 Å². The van der Waals surface area contributed by atoms with Crippen LogP contribution in [0.15, 0.2) is 149 Å². The Morgan fingerprint density at radius 2 is 1.72 bits per heavy atom. The molecule has 6 aliphatic carbocycles. The summed E-state index contributed by atoms with van der Waals surface area (Å²) in [6, 6.07) is 17.2. The van der Waals surface area contributed by atoms with Crippen molar-refractivity contribution in [2.75, 3.05) is 11.4 Å². The molecule has 3 nitrogen and oxygen atoms in total. The molecule has 2 aromatic carbocycles. The number of benzene rings is 2. The highest BCUT2D eigenvalue weighted by Gasteiger charge is 2.44. The van der Waals surface area contributed by atoms with Gasteiger partial charge in [0.15, 0.2) is 0 Å². The number of nitrogens with one attached hydrogen (secondary N) is 1. The first-order chi connectivity index (χ1) is 26.0. The van der Waals surface area contributed by atoms with Crippen LogP contribution >= 0.6 is 0 Å². The van der Waals surface area contributed by atoms with Crippen LogP contribution in [0.1, 0.15) is 88.9 Å². The molecule has 1 N–H and O–H groups in total. The summed E-state index contributed by atoms with van der Waals surface area (Å²) < 4.78 is 2.67. The molecule has 3 atom stereocenters. The molecule has 268 valence electrons. The summed E-state index contributed by atoms with van der Waals surface area (Å²) in [5.74, 6) is 1.13. The van der Waals surface area contributed by atoms with Gasteiger partial charge in [0.2, 0.25) is 0 Å². The SMILES string of the molecule is CC1(C)C2=CC(N(C3=CCC(C4=CNCC=C4)CC3)c3ccc(-c4ccc5c(c4)c4c(n5C5C=CC=CC5)CCCC4)cc3)=CCC2C2=C1C=CCC2. The van der Waals surface area contributed by atoms with Crippen LogP contribution in [-0.4, -0.2) is 11.1 Å². The highest BCUT2D eigenvalue weighted by atomic mass is 15.2. The van der Waals surface area contributed by atoms with Crippen molar-refractivity contribution in [2.24, 2.45) is 17.3 Å². The minimum atomic E-state index is 0.0750. The van der Waals surface area contributed by atoms with Gasteiger partial charge < -0.3 is 14.8 Å². The van der Waals surface area contributed by atoms with Crippen LogP contribution in [0, 0.1) is 17.3 Å². The predicted molar refractivity (Wildman–Crippen MR) is 223 cm³/mol. The van der Waals surface area contributed by atoms with Crippen molar-refractivity contribution in [3.8, 4) is 11.1 Å². The van der Waals surface area contributed by atoms with Gasteiger partial charge in [-0.3, -0.25) is 0 Å². The third-order valence-corrected chi connectivity index (χ3v) is 13.5. The predicted octanol–water partition coefficient (Wildman–Crippen LogP) is 12.3. The fourth-order valence-electron chi connectivity index (χ4n) is 10.8. The van der Waals surface area contributed by atoms with Gasteiger partial charge in [0.1, 0.15) is 0 Å². The Morgan fingerprint density at radius 3 is 2.53 bits per heavy atom. The maximum absolute atomic E-state index is 3.44. The van der Waals surface area contributed by atoms with Gasteiger partial charge in [0.05, 0.1) is 6.04 Å². The number of aromatic nitrogens is 1. The number of hydrogen-bond donors (Lipinski definition) is 1. The number of aryl methyl sites for hydroxylation is 1. The zero-order valence-electron chi connectivity index (χ0n) is 31.6. The van der Waals surface area contributed by atoms with Gasteiger partial charge in [0.25, 0.3) is 0 Å². The molecule has 0 saturated carbocycles. The normalized spacial score (nSPS) is 25.6. The molecule has 0 bridgehead atoms. The number of allylic oxidation sites excluding steroid dienone is 15. The fourth-order valence-corrected chi connectivity index (χ4v) is 10.8. The lowest BCUT2D eigenvalue weighted by molar-refractivity contribution is 0.522. The van der Waals surface area contributed by atoms with E-state index in [4.69, 9.17) is 0 Å². The largest absolute Gasteiger partial charge is 0.387 e. The second kappa shape index (κ2) is 13.3. The monoisotopic (exact) mass is 695 g/mol. The molecule has 3 unspecified atom stereocenters. The third kappa shape index (κ3) is 5.61. The number of anilines is 1. The summed E-state index contributed by atoms with van der Waals surface area (Å²) in [6.45, 7) is 5.86. The lowest BCUT2D eigenvalue weighted by atomic mass is 9.76. The summed E-state index contributed by atoms with van der Waals surface area (Å²) in [5.41, 5.74) is 17.7. The molecule has 1 aromatic heterocycles. The molecule has 0 amide bonds. The van der Waals surface area contributed by atoms with Crippen LogP contribution in [-0.2, 0) is 12.8 Å². The molecule has 10 rings (SSSR count). The van der Waals surface area contributed by atoms with E-state index in [1.807, 2.05) is 0 Å². The number of nitrogens with zero attached hydrogens (tertiary/aromatic N) is 2. The van der Waals surface area contributed by atoms with Crippen LogP contribution in [0.4, 0.5) is 5.69 Å². The lowest BCUT2D eigenvalue weighted by Crippen LogP contribution is -2.27. The maximum atomic E-state index is 3.44. The topological polar surface area (TPSA) is 20.2 Å². The molecule has 0 saturated heterocycles. The zero-order chi connectivity index (χ0) is 35.5.